The molecular formula is C15H12BrClFN3. The van der Waals surface area contributed by atoms with Gasteiger partial charge in [-0.2, -0.15) is 0 Å². The van der Waals surface area contributed by atoms with Gasteiger partial charge in [-0.3, -0.25) is 4.57 Å². The molecule has 0 aliphatic heterocycles. The average Bonchev–Trinajstić information content (AvgIpc) is 2.66. The van der Waals surface area contributed by atoms with Crippen molar-refractivity contribution in [3.8, 4) is 5.69 Å². The van der Waals surface area contributed by atoms with E-state index in [1.165, 1.54) is 6.07 Å². The fourth-order valence-electron chi connectivity index (χ4n) is 2.58. The standard InChI is InChI=1S/C15H12BrClFN3/c1-7-3-9(16)4-8(2)14(7)21-13-5-10(17)11(18)6-12(13)20-15(21)19/h3-6H,1-2H3,(H2,19,20). The van der Waals surface area contributed by atoms with Crippen LogP contribution < -0.4 is 5.73 Å². The van der Waals surface area contributed by atoms with Crippen LogP contribution in [0, 0.1) is 19.7 Å². The summed E-state index contributed by atoms with van der Waals surface area (Å²) in [7, 11) is 0. The highest BCUT2D eigenvalue weighted by Crippen LogP contribution is 2.32. The van der Waals surface area contributed by atoms with E-state index in [9.17, 15) is 4.39 Å². The predicted octanol–water partition coefficient (Wildman–Crippen LogP) is 4.78. The minimum absolute atomic E-state index is 0.0519. The van der Waals surface area contributed by atoms with E-state index in [1.807, 2.05) is 26.0 Å². The lowest BCUT2D eigenvalue weighted by molar-refractivity contribution is 0.630. The monoisotopic (exact) mass is 367 g/mol. The van der Waals surface area contributed by atoms with Crippen LogP contribution in [0.2, 0.25) is 5.02 Å². The van der Waals surface area contributed by atoms with Crippen molar-refractivity contribution in [3.05, 3.63) is 50.7 Å². The van der Waals surface area contributed by atoms with E-state index >= 15 is 0 Å². The van der Waals surface area contributed by atoms with Crippen molar-refractivity contribution in [2.75, 3.05) is 5.73 Å². The molecule has 0 spiro atoms. The van der Waals surface area contributed by atoms with Crippen LogP contribution in [0.15, 0.2) is 28.7 Å². The summed E-state index contributed by atoms with van der Waals surface area (Å²) in [5, 5.41) is 0.0519. The number of aromatic nitrogens is 2. The molecule has 0 aliphatic rings. The molecule has 0 fully saturated rings. The Labute approximate surface area is 134 Å². The summed E-state index contributed by atoms with van der Waals surface area (Å²) < 4.78 is 16.4. The summed E-state index contributed by atoms with van der Waals surface area (Å²) >= 11 is 9.37. The Balaban J connectivity index is 2.41. The van der Waals surface area contributed by atoms with Crippen molar-refractivity contribution < 1.29 is 4.39 Å². The first-order valence-electron chi connectivity index (χ1n) is 6.28. The van der Waals surface area contributed by atoms with E-state index in [-0.39, 0.29) is 5.02 Å². The molecule has 6 heteroatoms. The lowest BCUT2D eigenvalue weighted by atomic mass is 10.1. The van der Waals surface area contributed by atoms with E-state index < -0.39 is 5.82 Å². The van der Waals surface area contributed by atoms with Crippen molar-refractivity contribution in [1.29, 1.82) is 0 Å². The summed E-state index contributed by atoms with van der Waals surface area (Å²) in [6.45, 7) is 3.98. The molecule has 0 saturated carbocycles. The molecule has 21 heavy (non-hydrogen) atoms. The zero-order chi connectivity index (χ0) is 15.3. The topological polar surface area (TPSA) is 43.8 Å². The number of fused-ring (bicyclic) bond motifs is 1. The summed E-state index contributed by atoms with van der Waals surface area (Å²) in [5.74, 6) is -0.196. The Hall–Kier alpha value is -1.59. The van der Waals surface area contributed by atoms with Gasteiger partial charge in [-0.05, 0) is 43.2 Å². The molecule has 2 aromatic carbocycles. The number of anilines is 1. The van der Waals surface area contributed by atoms with Gasteiger partial charge in [0.05, 0.1) is 21.7 Å². The highest BCUT2D eigenvalue weighted by Gasteiger charge is 2.16. The van der Waals surface area contributed by atoms with Crippen molar-refractivity contribution in [2.45, 2.75) is 13.8 Å². The normalized spacial score (nSPS) is 11.3. The van der Waals surface area contributed by atoms with Crippen LogP contribution in [0.3, 0.4) is 0 Å². The number of imidazole rings is 1. The van der Waals surface area contributed by atoms with Crippen LogP contribution >= 0.6 is 27.5 Å². The number of nitrogen functional groups attached to an aromatic ring is 1. The van der Waals surface area contributed by atoms with E-state index in [1.54, 1.807) is 10.6 Å². The zero-order valence-corrected chi connectivity index (χ0v) is 13.8. The molecular weight excluding hydrogens is 357 g/mol. The Morgan fingerprint density at radius 2 is 1.81 bits per heavy atom. The summed E-state index contributed by atoms with van der Waals surface area (Å²) in [4.78, 5) is 4.23. The zero-order valence-electron chi connectivity index (χ0n) is 11.4. The maximum atomic E-state index is 13.6. The number of benzene rings is 2. The molecule has 1 aromatic heterocycles. The highest BCUT2D eigenvalue weighted by atomic mass is 79.9. The fraction of sp³-hybridized carbons (Fsp3) is 0.133. The number of hydrogen-bond acceptors (Lipinski definition) is 2. The van der Waals surface area contributed by atoms with E-state index in [0.29, 0.717) is 17.0 Å². The quantitative estimate of drug-likeness (QED) is 0.672. The van der Waals surface area contributed by atoms with Crippen LogP contribution in [0.4, 0.5) is 10.3 Å². The molecule has 0 unspecified atom stereocenters. The predicted molar refractivity (Wildman–Crippen MR) is 87.6 cm³/mol. The second-order valence-corrected chi connectivity index (χ2v) is 6.27. The van der Waals surface area contributed by atoms with Gasteiger partial charge in [0.1, 0.15) is 5.82 Å². The number of nitrogens with two attached hydrogens (primary N) is 1. The molecule has 1 heterocycles. The molecule has 2 N–H and O–H groups in total. The van der Waals surface area contributed by atoms with Gasteiger partial charge in [0, 0.05) is 10.5 Å². The first kappa shape index (κ1) is 14.4. The third kappa shape index (κ3) is 2.30. The third-order valence-electron chi connectivity index (χ3n) is 3.40. The molecule has 0 bridgehead atoms. The summed E-state index contributed by atoms with van der Waals surface area (Å²) in [6, 6.07) is 6.85. The Morgan fingerprint density at radius 1 is 1.19 bits per heavy atom. The van der Waals surface area contributed by atoms with Crippen molar-refractivity contribution >= 4 is 44.5 Å². The Bertz CT molecular complexity index is 850. The van der Waals surface area contributed by atoms with Crippen LogP contribution in [0.5, 0.6) is 0 Å². The van der Waals surface area contributed by atoms with E-state index in [4.69, 9.17) is 17.3 Å². The molecule has 3 aromatic rings. The lowest BCUT2D eigenvalue weighted by Crippen LogP contribution is -2.04. The van der Waals surface area contributed by atoms with Crippen LogP contribution in [-0.2, 0) is 0 Å². The van der Waals surface area contributed by atoms with Crippen LogP contribution in [0.1, 0.15) is 11.1 Å². The summed E-state index contributed by atoms with van der Waals surface area (Å²) in [5.41, 5.74) is 10.2. The Kier molecular flexibility index (Phi) is 3.42. The second kappa shape index (κ2) is 5.00. The molecule has 108 valence electrons. The number of aryl methyl sites for hydroxylation is 2. The lowest BCUT2D eigenvalue weighted by Gasteiger charge is -2.14. The van der Waals surface area contributed by atoms with Gasteiger partial charge >= 0.3 is 0 Å². The maximum absolute atomic E-state index is 13.6. The summed E-state index contributed by atoms with van der Waals surface area (Å²) in [6.07, 6.45) is 0. The molecule has 3 nitrogen and oxygen atoms in total. The van der Waals surface area contributed by atoms with Gasteiger partial charge in [-0.1, -0.05) is 27.5 Å². The average molecular weight is 369 g/mol. The first-order valence-corrected chi connectivity index (χ1v) is 7.45. The number of halogens is 3. The van der Waals surface area contributed by atoms with Gasteiger partial charge < -0.3 is 5.73 Å². The van der Waals surface area contributed by atoms with Crippen molar-refractivity contribution in [3.63, 3.8) is 0 Å². The van der Waals surface area contributed by atoms with Crippen molar-refractivity contribution in [1.82, 2.24) is 9.55 Å². The second-order valence-electron chi connectivity index (χ2n) is 4.95. The smallest absolute Gasteiger partial charge is 0.205 e. The van der Waals surface area contributed by atoms with Crippen LogP contribution in [-0.4, -0.2) is 9.55 Å². The highest BCUT2D eigenvalue weighted by molar-refractivity contribution is 9.10. The molecule has 0 saturated heterocycles. The molecule has 0 radical (unpaired) electrons. The van der Waals surface area contributed by atoms with Gasteiger partial charge in [0.25, 0.3) is 0 Å². The number of rotatable bonds is 1. The minimum atomic E-state index is -0.502. The molecule has 0 amide bonds. The van der Waals surface area contributed by atoms with Gasteiger partial charge in [-0.15, -0.1) is 0 Å². The minimum Gasteiger partial charge on any atom is -0.369 e. The van der Waals surface area contributed by atoms with Gasteiger partial charge in [0.15, 0.2) is 0 Å². The van der Waals surface area contributed by atoms with Crippen LogP contribution in [0.25, 0.3) is 16.7 Å². The largest absolute Gasteiger partial charge is 0.369 e. The number of hydrogen-bond donors (Lipinski definition) is 1. The van der Waals surface area contributed by atoms with Gasteiger partial charge in [0.2, 0.25) is 5.95 Å². The maximum Gasteiger partial charge on any atom is 0.205 e. The van der Waals surface area contributed by atoms with Gasteiger partial charge in [-0.25, -0.2) is 9.37 Å². The van der Waals surface area contributed by atoms with E-state index in [2.05, 4.69) is 20.9 Å². The molecule has 0 atom stereocenters. The third-order valence-corrected chi connectivity index (χ3v) is 4.15. The first-order chi connectivity index (χ1) is 9.88. The Morgan fingerprint density at radius 3 is 2.43 bits per heavy atom. The fourth-order valence-corrected chi connectivity index (χ4v) is 3.43. The molecule has 0 aliphatic carbocycles. The SMILES string of the molecule is Cc1cc(Br)cc(C)c1-n1c(N)nc2cc(F)c(Cl)cc21. The van der Waals surface area contributed by atoms with Crippen molar-refractivity contribution in [2.24, 2.45) is 0 Å². The molecule has 3 rings (SSSR count). The number of nitrogens with zero attached hydrogens (tertiary/aromatic N) is 2. The van der Waals surface area contributed by atoms with E-state index in [0.717, 1.165) is 21.3 Å².